The topological polar surface area (TPSA) is 75.6 Å². The number of fused-ring (bicyclic) bond motifs is 2. The van der Waals surface area contributed by atoms with Gasteiger partial charge in [-0.3, -0.25) is 9.78 Å². The van der Waals surface area contributed by atoms with E-state index in [-0.39, 0.29) is 5.91 Å². The largest absolute Gasteiger partial charge is 0.395 e. The molecule has 1 unspecified atom stereocenters. The molecule has 0 fully saturated rings. The zero-order chi connectivity index (χ0) is 22.8. The number of hydrogen-bond acceptors (Lipinski definition) is 5. The molecule has 3 aromatic rings. The van der Waals surface area contributed by atoms with E-state index in [4.69, 9.17) is 4.84 Å². The number of amides is 1. The van der Waals surface area contributed by atoms with E-state index in [2.05, 4.69) is 43.6 Å². The number of para-hydroxylation sites is 1. The molecule has 166 valence electrons. The number of hydrogen-bond donors (Lipinski definition) is 2. The Morgan fingerprint density at radius 1 is 1.03 bits per heavy atom. The van der Waals surface area contributed by atoms with Crippen LogP contribution in [0.1, 0.15) is 30.2 Å². The lowest BCUT2D eigenvalue weighted by molar-refractivity contribution is -0.110. The SMILES string of the molecule is CC(CCO/N=C1/C(=C2/C(=O)Nc3ccc(Br)cc32)Nc2ccccc21)Cc1ccccn1. The summed E-state index contributed by atoms with van der Waals surface area (Å²) in [5.41, 5.74) is 6.38. The van der Waals surface area contributed by atoms with Crippen LogP contribution < -0.4 is 10.6 Å². The molecule has 2 aromatic carbocycles. The first-order valence-electron chi connectivity index (χ1n) is 10.9. The molecule has 3 heterocycles. The number of nitrogens with zero attached hydrogens (tertiary/aromatic N) is 2. The number of anilines is 2. The summed E-state index contributed by atoms with van der Waals surface area (Å²) in [4.78, 5) is 23.1. The van der Waals surface area contributed by atoms with Crippen molar-refractivity contribution in [2.45, 2.75) is 19.8 Å². The van der Waals surface area contributed by atoms with Crippen LogP contribution in [0.3, 0.4) is 0 Å². The molecule has 0 bridgehead atoms. The van der Waals surface area contributed by atoms with Crippen LogP contribution in [0.5, 0.6) is 0 Å². The smallest absolute Gasteiger partial charge is 0.258 e. The van der Waals surface area contributed by atoms with E-state index in [1.807, 2.05) is 66.9 Å². The molecule has 7 heteroatoms. The second-order valence-electron chi connectivity index (χ2n) is 8.26. The number of nitrogens with one attached hydrogen (secondary N) is 2. The van der Waals surface area contributed by atoms with Gasteiger partial charge in [0.25, 0.3) is 5.91 Å². The Hall–Kier alpha value is -3.45. The van der Waals surface area contributed by atoms with Gasteiger partial charge in [-0.05, 0) is 55.2 Å². The van der Waals surface area contributed by atoms with Crippen molar-refractivity contribution in [2.75, 3.05) is 17.2 Å². The lowest BCUT2D eigenvalue weighted by atomic mass is 10.0. The number of aromatic nitrogens is 1. The summed E-state index contributed by atoms with van der Waals surface area (Å²) in [7, 11) is 0. The molecule has 0 spiro atoms. The van der Waals surface area contributed by atoms with E-state index in [1.54, 1.807) is 0 Å². The Bertz CT molecular complexity index is 1270. The van der Waals surface area contributed by atoms with Gasteiger partial charge >= 0.3 is 0 Å². The van der Waals surface area contributed by atoms with Crippen LogP contribution >= 0.6 is 15.9 Å². The second-order valence-corrected chi connectivity index (χ2v) is 9.17. The predicted octanol–water partition coefficient (Wildman–Crippen LogP) is 5.62. The van der Waals surface area contributed by atoms with Gasteiger partial charge in [0.1, 0.15) is 12.3 Å². The van der Waals surface area contributed by atoms with Crippen LogP contribution in [0.15, 0.2) is 82.2 Å². The fraction of sp³-hybridized carbons (Fsp3) is 0.192. The van der Waals surface area contributed by atoms with E-state index >= 15 is 0 Å². The number of oxime groups is 1. The molecular weight excluding hydrogens is 480 g/mol. The first-order valence-corrected chi connectivity index (χ1v) is 11.7. The Kier molecular flexibility index (Phi) is 5.96. The fourth-order valence-corrected chi connectivity index (χ4v) is 4.49. The van der Waals surface area contributed by atoms with Crippen LogP contribution in [0, 0.1) is 5.92 Å². The van der Waals surface area contributed by atoms with E-state index in [0.29, 0.717) is 29.5 Å². The maximum atomic E-state index is 12.9. The van der Waals surface area contributed by atoms with Crippen molar-refractivity contribution in [3.63, 3.8) is 0 Å². The van der Waals surface area contributed by atoms with Crippen molar-refractivity contribution in [3.8, 4) is 0 Å². The van der Waals surface area contributed by atoms with Crippen LogP contribution in [0.2, 0.25) is 0 Å². The fourth-order valence-electron chi connectivity index (χ4n) is 4.13. The molecule has 0 saturated carbocycles. The molecule has 2 aliphatic rings. The molecule has 0 aliphatic carbocycles. The van der Waals surface area contributed by atoms with E-state index in [0.717, 1.165) is 45.5 Å². The number of pyridine rings is 1. The molecule has 1 aromatic heterocycles. The summed E-state index contributed by atoms with van der Waals surface area (Å²) < 4.78 is 0.906. The maximum Gasteiger partial charge on any atom is 0.258 e. The van der Waals surface area contributed by atoms with Crippen molar-refractivity contribution in [3.05, 3.63) is 93.9 Å². The Labute approximate surface area is 200 Å². The molecule has 6 nitrogen and oxygen atoms in total. The molecule has 5 rings (SSSR count). The molecule has 1 atom stereocenters. The van der Waals surface area contributed by atoms with Crippen molar-refractivity contribution in [1.29, 1.82) is 0 Å². The van der Waals surface area contributed by atoms with Gasteiger partial charge in [-0.25, -0.2) is 0 Å². The van der Waals surface area contributed by atoms with Gasteiger partial charge < -0.3 is 15.5 Å². The van der Waals surface area contributed by atoms with Crippen LogP contribution in [-0.2, 0) is 16.1 Å². The summed E-state index contributed by atoms with van der Waals surface area (Å²) in [6.45, 7) is 2.67. The predicted molar refractivity (Wildman–Crippen MR) is 134 cm³/mol. The first-order chi connectivity index (χ1) is 16.1. The van der Waals surface area contributed by atoms with Gasteiger partial charge in [0.05, 0.1) is 11.3 Å². The van der Waals surface area contributed by atoms with Crippen LogP contribution in [0.4, 0.5) is 11.4 Å². The molecule has 0 saturated heterocycles. The number of carbonyl (C=O) groups is 1. The average molecular weight is 503 g/mol. The number of carbonyl (C=O) groups excluding carboxylic acids is 1. The standard InChI is InChI=1S/C26H23BrN4O2/c1-16(14-18-6-4-5-12-28-18)11-13-33-31-24-19-7-2-3-8-21(19)29-25(24)23-20-15-17(27)9-10-22(20)30-26(23)32/h2-10,12,15-16,29H,11,13-14H2,1H3,(H,30,32)/b25-23-,31-24+. The minimum Gasteiger partial charge on any atom is -0.395 e. The first kappa shape index (κ1) is 21.4. The molecule has 0 radical (unpaired) electrons. The zero-order valence-electron chi connectivity index (χ0n) is 18.1. The summed E-state index contributed by atoms with van der Waals surface area (Å²) >= 11 is 3.51. The quantitative estimate of drug-likeness (QED) is 0.260. The minimum absolute atomic E-state index is 0.157. The van der Waals surface area contributed by atoms with E-state index in [1.165, 1.54) is 0 Å². The van der Waals surface area contributed by atoms with Gasteiger partial charge in [-0.1, -0.05) is 52.3 Å². The lowest BCUT2D eigenvalue weighted by Crippen LogP contribution is -2.13. The number of allylic oxidation sites excluding steroid dienone is 1. The highest BCUT2D eigenvalue weighted by Crippen LogP contribution is 2.40. The molecular formula is C26H23BrN4O2. The van der Waals surface area contributed by atoms with Crippen molar-refractivity contribution < 1.29 is 9.63 Å². The highest BCUT2D eigenvalue weighted by Gasteiger charge is 2.34. The van der Waals surface area contributed by atoms with Gasteiger partial charge in [-0.15, -0.1) is 0 Å². The van der Waals surface area contributed by atoms with Gasteiger partial charge in [-0.2, -0.15) is 0 Å². The van der Waals surface area contributed by atoms with Crippen molar-refractivity contribution in [2.24, 2.45) is 11.1 Å². The summed E-state index contributed by atoms with van der Waals surface area (Å²) in [5, 5.41) is 10.8. The number of benzene rings is 2. The number of halogens is 1. The van der Waals surface area contributed by atoms with E-state index in [9.17, 15) is 4.79 Å². The highest BCUT2D eigenvalue weighted by molar-refractivity contribution is 9.10. The lowest BCUT2D eigenvalue weighted by Gasteiger charge is -2.10. The maximum absolute atomic E-state index is 12.9. The second kappa shape index (κ2) is 9.19. The molecule has 33 heavy (non-hydrogen) atoms. The Morgan fingerprint density at radius 2 is 1.85 bits per heavy atom. The van der Waals surface area contributed by atoms with Crippen LogP contribution in [0.25, 0.3) is 5.57 Å². The number of rotatable bonds is 6. The Balaban J connectivity index is 1.39. The third-order valence-electron chi connectivity index (χ3n) is 5.80. The molecule has 1 amide bonds. The summed E-state index contributed by atoms with van der Waals surface area (Å²) in [5.74, 6) is 0.256. The summed E-state index contributed by atoms with van der Waals surface area (Å²) in [6.07, 6.45) is 3.57. The minimum atomic E-state index is -0.157. The zero-order valence-corrected chi connectivity index (χ0v) is 19.7. The summed E-state index contributed by atoms with van der Waals surface area (Å²) in [6, 6.07) is 19.6. The van der Waals surface area contributed by atoms with Gasteiger partial charge in [0, 0.05) is 38.9 Å². The Morgan fingerprint density at radius 3 is 2.70 bits per heavy atom. The normalized spacial score (nSPS) is 18.5. The third kappa shape index (κ3) is 4.41. The highest BCUT2D eigenvalue weighted by atomic mass is 79.9. The average Bonchev–Trinajstić information content (AvgIpc) is 3.33. The monoisotopic (exact) mass is 502 g/mol. The molecule has 2 aliphatic heterocycles. The molecule has 2 N–H and O–H groups in total. The van der Waals surface area contributed by atoms with Gasteiger partial charge in [0.2, 0.25) is 0 Å². The van der Waals surface area contributed by atoms with Gasteiger partial charge in [0.15, 0.2) is 0 Å². The van der Waals surface area contributed by atoms with E-state index < -0.39 is 0 Å². The van der Waals surface area contributed by atoms with Crippen LogP contribution in [-0.4, -0.2) is 23.2 Å². The van der Waals surface area contributed by atoms with Crippen molar-refractivity contribution in [1.82, 2.24) is 4.98 Å². The third-order valence-corrected chi connectivity index (χ3v) is 6.29. The van der Waals surface area contributed by atoms with Crippen molar-refractivity contribution >= 4 is 44.5 Å².